The first-order chi connectivity index (χ1) is 12.6. The van der Waals surface area contributed by atoms with E-state index in [1.54, 1.807) is 0 Å². The van der Waals surface area contributed by atoms with Crippen LogP contribution in [-0.2, 0) is 11.3 Å². The van der Waals surface area contributed by atoms with Gasteiger partial charge in [-0.1, -0.05) is 24.3 Å². The van der Waals surface area contributed by atoms with E-state index in [2.05, 4.69) is 23.3 Å². The van der Waals surface area contributed by atoms with E-state index in [-0.39, 0.29) is 6.10 Å². The maximum absolute atomic E-state index is 6.04. The highest BCUT2D eigenvalue weighted by atomic mass is 16.5. The van der Waals surface area contributed by atoms with E-state index in [0.29, 0.717) is 19.1 Å². The van der Waals surface area contributed by atoms with Crippen LogP contribution in [0.25, 0.3) is 0 Å². The summed E-state index contributed by atoms with van der Waals surface area (Å²) in [5, 5.41) is 3.13. The third-order valence-electron chi connectivity index (χ3n) is 4.38. The number of aliphatic imine (C=N–C) groups is 1. The van der Waals surface area contributed by atoms with E-state index in [9.17, 15) is 0 Å². The molecule has 1 aliphatic rings. The van der Waals surface area contributed by atoms with E-state index < -0.39 is 0 Å². The number of nitrogens with one attached hydrogen (secondary N) is 1. The molecule has 5 heteroatoms. The largest absolute Gasteiger partial charge is 0.491 e. The lowest BCUT2D eigenvalue weighted by atomic mass is 10.1. The fraction of sp³-hybridized carbons (Fsp3) is 0.381. The normalized spacial score (nSPS) is 17.3. The summed E-state index contributed by atoms with van der Waals surface area (Å²) in [6.45, 7) is 5.98. The van der Waals surface area contributed by atoms with Gasteiger partial charge in [0.2, 0.25) is 0 Å². The quantitative estimate of drug-likeness (QED) is 0.612. The van der Waals surface area contributed by atoms with Crippen LogP contribution in [0.4, 0.5) is 5.69 Å². The van der Waals surface area contributed by atoms with Gasteiger partial charge in [0.25, 0.3) is 0 Å². The highest BCUT2D eigenvalue weighted by Crippen LogP contribution is 2.23. The van der Waals surface area contributed by atoms with Crippen molar-refractivity contribution in [2.45, 2.75) is 39.3 Å². The number of nitrogens with two attached hydrogens (primary N) is 1. The highest BCUT2D eigenvalue weighted by molar-refractivity contribution is 5.92. The van der Waals surface area contributed by atoms with Gasteiger partial charge in [-0.3, -0.25) is 0 Å². The molecule has 2 aromatic carbocycles. The molecule has 1 heterocycles. The third-order valence-corrected chi connectivity index (χ3v) is 4.38. The molecule has 0 amide bonds. The molecule has 1 atom stereocenters. The van der Waals surface area contributed by atoms with Crippen LogP contribution in [0, 0.1) is 13.8 Å². The summed E-state index contributed by atoms with van der Waals surface area (Å²) in [4.78, 5) is 4.46. The van der Waals surface area contributed by atoms with Crippen molar-refractivity contribution in [2.24, 2.45) is 10.7 Å². The summed E-state index contributed by atoms with van der Waals surface area (Å²) in [5.74, 6) is 1.24. The molecule has 3 N–H and O–H groups in total. The summed E-state index contributed by atoms with van der Waals surface area (Å²) in [6.07, 6.45) is 2.37. The second-order valence-electron chi connectivity index (χ2n) is 6.75. The number of aryl methyl sites for hydroxylation is 2. The van der Waals surface area contributed by atoms with Gasteiger partial charge in [-0.15, -0.1) is 0 Å². The van der Waals surface area contributed by atoms with E-state index in [1.807, 2.05) is 43.3 Å². The maximum Gasteiger partial charge on any atom is 0.193 e. The average Bonchev–Trinajstić information content (AvgIpc) is 3.12. The molecule has 0 radical (unpaired) electrons. The highest BCUT2D eigenvalue weighted by Gasteiger charge is 2.16. The Morgan fingerprint density at radius 2 is 2.08 bits per heavy atom. The summed E-state index contributed by atoms with van der Waals surface area (Å²) < 4.78 is 11.6. The van der Waals surface area contributed by atoms with Gasteiger partial charge in [0.05, 0.1) is 12.6 Å². The van der Waals surface area contributed by atoms with Gasteiger partial charge in [-0.2, -0.15) is 0 Å². The van der Waals surface area contributed by atoms with Crippen molar-refractivity contribution >= 4 is 11.6 Å². The van der Waals surface area contributed by atoms with E-state index in [0.717, 1.165) is 42.0 Å². The lowest BCUT2D eigenvalue weighted by Crippen LogP contribution is -2.22. The van der Waals surface area contributed by atoms with E-state index in [1.165, 1.54) is 5.56 Å². The molecule has 138 valence electrons. The van der Waals surface area contributed by atoms with Gasteiger partial charge in [0.1, 0.15) is 12.4 Å². The predicted octanol–water partition coefficient (Wildman–Crippen LogP) is 3.79. The minimum absolute atomic E-state index is 0.194. The number of hydrogen-bond donors (Lipinski definition) is 2. The molecule has 0 aliphatic carbocycles. The van der Waals surface area contributed by atoms with Crippen molar-refractivity contribution in [1.82, 2.24) is 0 Å². The lowest BCUT2D eigenvalue weighted by molar-refractivity contribution is 0.0676. The first kappa shape index (κ1) is 18.3. The van der Waals surface area contributed by atoms with Gasteiger partial charge in [0, 0.05) is 17.9 Å². The summed E-state index contributed by atoms with van der Waals surface area (Å²) >= 11 is 0. The third kappa shape index (κ3) is 5.23. The number of nitrogens with zero attached hydrogens (tertiary/aromatic N) is 1. The molecule has 3 rings (SSSR count). The predicted molar refractivity (Wildman–Crippen MR) is 106 cm³/mol. The van der Waals surface area contributed by atoms with Crippen LogP contribution in [0.2, 0.25) is 0 Å². The topological polar surface area (TPSA) is 68.9 Å². The molecule has 1 unspecified atom stereocenters. The Balaban J connectivity index is 1.64. The molecule has 1 aliphatic heterocycles. The summed E-state index contributed by atoms with van der Waals surface area (Å²) in [5.41, 5.74) is 10.3. The number of guanidine groups is 1. The number of benzene rings is 2. The Labute approximate surface area is 155 Å². The second-order valence-corrected chi connectivity index (χ2v) is 6.75. The Kier molecular flexibility index (Phi) is 6.12. The Hall–Kier alpha value is -2.53. The van der Waals surface area contributed by atoms with Crippen LogP contribution in [0.15, 0.2) is 47.5 Å². The fourth-order valence-corrected chi connectivity index (χ4v) is 2.97. The van der Waals surface area contributed by atoms with Crippen molar-refractivity contribution in [3.63, 3.8) is 0 Å². The molecular formula is C21H27N3O2. The molecule has 0 spiro atoms. The zero-order valence-corrected chi connectivity index (χ0v) is 15.5. The van der Waals surface area contributed by atoms with E-state index >= 15 is 0 Å². The maximum atomic E-state index is 6.04. The summed E-state index contributed by atoms with van der Waals surface area (Å²) in [6, 6.07) is 14.2. The number of hydrogen-bond acceptors (Lipinski definition) is 3. The monoisotopic (exact) mass is 353 g/mol. The van der Waals surface area contributed by atoms with Gasteiger partial charge in [-0.05, 0) is 56.0 Å². The van der Waals surface area contributed by atoms with Crippen molar-refractivity contribution in [2.75, 3.05) is 18.5 Å². The van der Waals surface area contributed by atoms with Crippen LogP contribution in [0.5, 0.6) is 5.75 Å². The van der Waals surface area contributed by atoms with Crippen molar-refractivity contribution in [3.8, 4) is 5.75 Å². The van der Waals surface area contributed by atoms with Gasteiger partial charge >= 0.3 is 0 Å². The zero-order chi connectivity index (χ0) is 18.4. The molecule has 0 aromatic heterocycles. The lowest BCUT2D eigenvalue weighted by Gasteiger charge is -2.15. The van der Waals surface area contributed by atoms with Crippen molar-refractivity contribution in [1.29, 1.82) is 0 Å². The number of ether oxygens (including phenoxy) is 2. The minimum atomic E-state index is 0.194. The molecule has 0 saturated carbocycles. The van der Waals surface area contributed by atoms with Crippen molar-refractivity contribution in [3.05, 3.63) is 59.2 Å². The minimum Gasteiger partial charge on any atom is -0.491 e. The zero-order valence-electron chi connectivity index (χ0n) is 15.5. The molecule has 1 saturated heterocycles. The smallest absolute Gasteiger partial charge is 0.193 e. The van der Waals surface area contributed by atoms with Gasteiger partial charge < -0.3 is 20.5 Å². The first-order valence-corrected chi connectivity index (χ1v) is 9.08. The molecule has 2 aromatic rings. The van der Waals surface area contributed by atoms with Crippen LogP contribution in [0.1, 0.15) is 29.5 Å². The van der Waals surface area contributed by atoms with Crippen LogP contribution in [-0.4, -0.2) is 25.3 Å². The molecule has 26 heavy (non-hydrogen) atoms. The van der Waals surface area contributed by atoms with Gasteiger partial charge in [-0.25, -0.2) is 4.99 Å². The van der Waals surface area contributed by atoms with Crippen LogP contribution >= 0.6 is 0 Å². The average molecular weight is 353 g/mol. The molecular weight excluding hydrogens is 326 g/mol. The van der Waals surface area contributed by atoms with Crippen LogP contribution in [0.3, 0.4) is 0 Å². The standard InChI is InChI=1S/C21H27N3O2/c1-15-5-3-6-18(11-15)24-21(22)23-13-17-9-8-16(2)12-20(17)26-14-19-7-4-10-25-19/h3,5-6,8-9,11-12,19H,4,7,10,13-14H2,1-2H3,(H3,22,23,24). The van der Waals surface area contributed by atoms with E-state index in [4.69, 9.17) is 15.2 Å². The molecule has 1 fully saturated rings. The second kappa shape index (κ2) is 8.72. The Morgan fingerprint density at radius 3 is 2.85 bits per heavy atom. The summed E-state index contributed by atoms with van der Waals surface area (Å²) in [7, 11) is 0. The van der Waals surface area contributed by atoms with Crippen molar-refractivity contribution < 1.29 is 9.47 Å². The fourth-order valence-electron chi connectivity index (χ4n) is 2.97. The molecule has 0 bridgehead atoms. The molecule has 5 nitrogen and oxygen atoms in total. The number of anilines is 1. The van der Waals surface area contributed by atoms with Crippen LogP contribution < -0.4 is 15.8 Å². The Bertz CT molecular complexity index is 768. The Morgan fingerprint density at radius 1 is 1.23 bits per heavy atom. The first-order valence-electron chi connectivity index (χ1n) is 9.08. The SMILES string of the molecule is Cc1cccc(NC(N)=NCc2ccc(C)cc2OCC2CCCO2)c1. The van der Waals surface area contributed by atoms with Gasteiger partial charge in [0.15, 0.2) is 5.96 Å². The number of rotatable bonds is 6.